The topological polar surface area (TPSA) is 49.4 Å². The van der Waals surface area contributed by atoms with Gasteiger partial charge in [-0.05, 0) is 43.0 Å². The van der Waals surface area contributed by atoms with Gasteiger partial charge >= 0.3 is 0 Å². The number of carbonyl (C=O) groups is 2. The Bertz CT molecular complexity index is 1140. The van der Waals surface area contributed by atoms with Gasteiger partial charge in [-0.15, -0.1) is 11.8 Å². The van der Waals surface area contributed by atoms with Crippen molar-refractivity contribution < 1.29 is 9.59 Å². The second kappa shape index (κ2) is 14.1. The first-order chi connectivity index (χ1) is 17.4. The average Bonchev–Trinajstić information content (AvgIpc) is 2.87. The van der Waals surface area contributed by atoms with Crippen molar-refractivity contribution in [3.63, 3.8) is 0 Å². The lowest BCUT2D eigenvalue weighted by Crippen LogP contribution is -2.52. The lowest BCUT2D eigenvalue weighted by atomic mass is 10.0. The van der Waals surface area contributed by atoms with Crippen molar-refractivity contribution in [2.24, 2.45) is 0 Å². The first-order valence-electron chi connectivity index (χ1n) is 12.4. The summed E-state index contributed by atoms with van der Waals surface area (Å²) in [5.74, 6) is 0.713. The molecule has 3 rings (SSSR count). The molecule has 36 heavy (non-hydrogen) atoms. The normalized spacial score (nSPS) is 12.6. The zero-order valence-corrected chi connectivity index (χ0v) is 22.8. The molecule has 3 aromatic rings. The van der Waals surface area contributed by atoms with Gasteiger partial charge in [0.2, 0.25) is 11.8 Å². The molecule has 1 N–H and O–H groups in total. The fraction of sp³-hybridized carbons (Fsp3) is 0.333. The number of benzene rings is 3. The number of thioether (sulfide) groups is 1. The molecule has 0 aliphatic heterocycles. The van der Waals surface area contributed by atoms with Gasteiger partial charge in [0.05, 0.1) is 5.75 Å². The van der Waals surface area contributed by atoms with Crippen molar-refractivity contribution in [2.75, 3.05) is 5.75 Å². The summed E-state index contributed by atoms with van der Waals surface area (Å²) in [7, 11) is 0. The zero-order chi connectivity index (χ0) is 25.9. The Balaban J connectivity index is 1.86. The Labute approximate surface area is 224 Å². The molecule has 4 nitrogen and oxygen atoms in total. The Morgan fingerprint density at radius 1 is 0.972 bits per heavy atom. The van der Waals surface area contributed by atoms with Crippen LogP contribution in [-0.4, -0.2) is 34.6 Å². The van der Waals surface area contributed by atoms with E-state index >= 15 is 0 Å². The Kier molecular flexibility index (Phi) is 10.9. The summed E-state index contributed by atoms with van der Waals surface area (Å²) in [6, 6.07) is 25.1. The highest BCUT2D eigenvalue weighted by Gasteiger charge is 2.30. The predicted octanol–water partition coefficient (Wildman–Crippen LogP) is 6.44. The van der Waals surface area contributed by atoms with Crippen molar-refractivity contribution in [1.29, 1.82) is 0 Å². The molecule has 190 valence electrons. The van der Waals surface area contributed by atoms with Gasteiger partial charge in [0, 0.05) is 29.8 Å². The summed E-state index contributed by atoms with van der Waals surface area (Å²) in [4.78, 5) is 29.0. The van der Waals surface area contributed by atoms with Crippen molar-refractivity contribution >= 4 is 35.2 Å². The van der Waals surface area contributed by atoms with E-state index in [9.17, 15) is 9.59 Å². The first kappa shape index (κ1) is 27.8. The summed E-state index contributed by atoms with van der Waals surface area (Å²) in [6.45, 7) is 6.44. The van der Waals surface area contributed by atoms with Gasteiger partial charge in [-0.2, -0.15) is 0 Å². The number of carbonyl (C=O) groups excluding carboxylic acids is 2. The maximum absolute atomic E-state index is 13.7. The molecule has 0 aliphatic carbocycles. The molecule has 6 heteroatoms. The molecule has 0 heterocycles. The smallest absolute Gasteiger partial charge is 0.243 e. The van der Waals surface area contributed by atoms with Crippen LogP contribution in [-0.2, 0) is 28.3 Å². The largest absolute Gasteiger partial charge is 0.352 e. The number of rotatable bonds is 12. The summed E-state index contributed by atoms with van der Waals surface area (Å²) in [5.41, 5.74) is 4.15. The van der Waals surface area contributed by atoms with Crippen molar-refractivity contribution in [1.82, 2.24) is 10.2 Å². The number of nitrogens with zero attached hydrogens (tertiary/aromatic N) is 1. The highest BCUT2D eigenvalue weighted by Crippen LogP contribution is 2.22. The second-order valence-electron chi connectivity index (χ2n) is 9.12. The lowest BCUT2D eigenvalue weighted by molar-refractivity contribution is -0.139. The van der Waals surface area contributed by atoms with E-state index in [4.69, 9.17) is 11.6 Å². The van der Waals surface area contributed by atoms with Crippen LogP contribution < -0.4 is 5.32 Å². The third-order valence-electron chi connectivity index (χ3n) is 6.15. The molecule has 2 amide bonds. The molecular weight excluding hydrogens is 488 g/mol. The molecule has 0 bridgehead atoms. The van der Waals surface area contributed by atoms with Gasteiger partial charge in [-0.1, -0.05) is 96.9 Å². The van der Waals surface area contributed by atoms with Gasteiger partial charge in [0.25, 0.3) is 0 Å². The van der Waals surface area contributed by atoms with Crippen LogP contribution in [0.5, 0.6) is 0 Å². The van der Waals surface area contributed by atoms with Gasteiger partial charge < -0.3 is 10.2 Å². The van der Waals surface area contributed by atoms with Crippen molar-refractivity contribution in [2.45, 2.75) is 58.0 Å². The van der Waals surface area contributed by atoms with Crippen LogP contribution in [0.1, 0.15) is 42.5 Å². The molecule has 0 radical (unpaired) electrons. The van der Waals surface area contributed by atoms with Gasteiger partial charge in [0.1, 0.15) is 6.04 Å². The Hall–Kier alpha value is -2.76. The maximum atomic E-state index is 13.7. The number of nitrogens with one attached hydrogen (secondary N) is 1. The third kappa shape index (κ3) is 8.42. The molecule has 2 unspecified atom stereocenters. The number of amides is 2. The van der Waals surface area contributed by atoms with Crippen LogP contribution in [0, 0.1) is 6.92 Å². The molecule has 0 saturated heterocycles. The van der Waals surface area contributed by atoms with Gasteiger partial charge in [-0.25, -0.2) is 0 Å². The van der Waals surface area contributed by atoms with Crippen LogP contribution in [0.15, 0.2) is 78.9 Å². The fourth-order valence-corrected chi connectivity index (χ4v) is 5.14. The molecule has 0 fully saturated rings. The molecule has 3 aromatic carbocycles. The minimum Gasteiger partial charge on any atom is -0.352 e. The molecule has 0 saturated carbocycles. The maximum Gasteiger partial charge on any atom is 0.243 e. The molecule has 0 aromatic heterocycles. The summed E-state index contributed by atoms with van der Waals surface area (Å²) >= 11 is 7.82. The lowest BCUT2D eigenvalue weighted by Gasteiger charge is -2.32. The third-order valence-corrected chi connectivity index (χ3v) is 7.48. The summed E-state index contributed by atoms with van der Waals surface area (Å²) in [6.07, 6.45) is 1.28. The van der Waals surface area contributed by atoms with E-state index in [1.807, 2.05) is 93.6 Å². The van der Waals surface area contributed by atoms with Crippen LogP contribution in [0.3, 0.4) is 0 Å². The van der Waals surface area contributed by atoms with Crippen LogP contribution in [0.2, 0.25) is 5.02 Å². The zero-order valence-electron chi connectivity index (χ0n) is 21.2. The minimum absolute atomic E-state index is 0.0290. The molecule has 0 spiro atoms. The number of hydrogen-bond donors (Lipinski definition) is 1. The van der Waals surface area contributed by atoms with Crippen LogP contribution >= 0.6 is 23.4 Å². The molecule has 2 atom stereocenters. The van der Waals surface area contributed by atoms with Crippen LogP contribution in [0.25, 0.3) is 0 Å². The van der Waals surface area contributed by atoms with E-state index in [2.05, 4.69) is 11.4 Å². The van der Waals surface area contributed by atoms with E-state index in [1.165, 1.54) is 11.8 Å². The van der Waals surface area contributed by atoms with Crippen LogP contribution in [0.4, 0.5) is 0 Å². The van der Waals surface area contributed by atoms with E-state index < -0.39 is 6.04 Å². The molecular formula is C30H35ClN2O2S. The average molecular weight is 523 g/mol. The monoisotopic (exact) mass is 522 g/mol. The van der Waals surface area contributed by atoms with Crippen molar-refractivity contribution in [3.05, 3.63) is 106 Å². The van der Waals surface area contributed by atoms with E-state index in [-0.39, 0.29) is 23.6 Å². The Morgan fingerprint density at radius 2 is 1.67 bits per heavy atom. The predicted molar refractivity (Wildman–Crippen MR) is 151 cm³/mol. The minimum atomic E-state index is -0.615. The van der Waals surface area contributed by atoms with Crippen molar-refractivity contribution in [3.8, 4) is 0 Å². The Morgan fingerprint density at radius 3 is 2.36 bits per heavy atom. The SMILES string of the molecule is CCC(C)NC(=O)C(Cc1ccccc1)N(Cc1cccc(C)c1)C(=O)CSCc1ccccc1Cl. The van der Waals surface area contributed by atoms with E-state index in [0.29, 0.717) is 23.7 Å². The summed E-state index contributed by atoms with van der Waals surface area (Å²) in [5, 5.41) is 3.81. The van der Waals surface area contributed by atoms with E-state index in [0.717, 1.165) is 28.7 Å². The fourth-order valence-electron chi connectivity index (χ4n) is 3.95. The van der Waals surface area contributed by atoms with Gasteiger partial charge in [-0.3, -0.25) is 9.59 Å². The van der Waals surface area contributed by atoms with E-state index in [1.54, 1.807) is 4.90 Å². The molecule has 0 aliphatic rings. The quantitative estimate of drug-likeness (QED) is 0.298. The standard InChI is InChI=1S/C30H35ClN2O2S/c1-4-23(3)32-30(35)28(18-24-12-6-5-7-13-24)33(19-25-14-10-11-22(2)17-25)29(34)21-36-20-26-15-8-9-16-27(26)31/h5-17,23,28H,4,18-21H2,1-3H3,(H,32,35). The number of halogens is 1. The first-order valence-corrected chi connectivity index (χ1v) is 13.9. The summed E-state index contributed by atoms with van der Waals surface area (Å²) < 4.78 is 0. The van der Waals surface area contributed by atoms with Gasteiger partial charge in [0.15, 0.2) is 0 Å². The highest BCUT2D eigenvalue weighted by atomic mass is 35.5. The number of aryl methyl sites for hydroxylation is 1. The number of hydrogen-bond acceptors (Lipinski definition) is 3. The highest BCUT2D eigenvalue weighted by molar-refractivity contribution is 7.99. The second-order valence-corrected chi connectivity index (χ2v) is 10.5.